The van der Waals surface area contributed by atoms with Crippen molar-refractivity contribution in [3.63, 3.8) is 0 Å². The van der Waals surface area contributed by atoms with Crippen LogP contribution in [0.5, 0.6) is 0 Å². The minimum absolute atomic E-state index is 0.309. The molecule has 0 heterocycles. The average molecular weight is 296 g/mol. The van der Waals surface area contributed by atoms with E-state index in [2.05, 4.69) is 22.0 Å². The summed E-state index contributed by atoms with van der Waals surface area (Å²) in [5.74, 6) is -0.429. The van der Waals surface area contributed by atoms with Gasteiger partial charge in [-0.25, -0.2) is 4.79 Å². The fraction of sp³-hybridized carbons (Fsp3) is 0.385. The predicted octanol–water partition coefficient (Wildman–Crippen LogP) is 3.19. The molecule has 0 amide bonds. The molecule has 90 valence electrons. The van der Waals surface area contributed by atoms with Gasteiger partial charge in [0.15, 0.2) is 0 Å². The monoisotopic (exact) mass is 295 g/mol. The number of carbonyl (C=O) groups is 1. The molecule has 0 N–H and O–H groups in total. The normalized spacial score (nSPS) is 9.76. The third-order valence-corrected chi connectivity index (χ3v) is 3.07. The fourth-order valence-corrected chi connectivity index (χ4v) is 1.95. The summed E-state index contributed by atoms with van der Waals surface area (Å²) < 4.78 is 4.96. The lowest BCUT2D eigenvalue weighted by Gasteiger charge is -2.10. The van der Waals surface area contributed by atoms with Gasteiger partial charge in [-0.2, -0.15) is 5.26 Å². The van der Waals surface area contributed by atoms with E-state index in [4.69, 9.17) is 10.00 Å². The van der Waals surface area contributed by atoms with Gasteiger partial charge in [0.2, 0.25) is 0 Å². The van der Waals surface area contributed by atoms with Crippen LogP contribution in [0.15, 0.2) is 12.1 Å². The number of hydrogen-bond donors (Lipinski definition) is 0. The van der Waals surface area contributed by atoms with E-state index in [1.807, 2.05) is 13.0 Å². The molecule has 1 aromatic rings. The molecule has 0 radical (unpaired) electrons. The molecule has 0 aliphatic carbocycles. The molecule has 0 bridgehead atoms. The van der Waals surface area contributed by atoms with Crippen molar-refractivity contribution in [1.82, 2.24) is 0 Å². The number of nitriles is 1. The largest absolute Gasteiger partial charge is 0.462 e. The first kappa shape index (κ1) is 13.7. The van der Waals surface area contributed by atoms with Gasteiger partial charge in [-0.3, -0.25) is 0 Å². The minimum Gasteiger partial charge on any atom is -0.462 e. The maximum atomic E-state index is 11.8. The summed E-state index contributed by atoms with van der Waals surface area (Å²) in [4.78, 5) is 11.8. The topological polar surface area (TPSA) is 50.1 Å². The molecule has 0 saturated heterocycles. The average Bonchev–Trinajstić information content (AvgIpc) is 2.37. The molecule has 0 spiro atoms. The highest BCUT2D eigenvalue weighted by Gasteiger charge is 2.16. The van der Waals surface area contributed by atoms with Crippen LogP contribution in [0.1, 0.15) is 40.9 Å². The summed E-state index contributed by atoms with van der Waals surface area (Å²) in [6.07, 6.45) is 0.718. The van der Waals surface area contributed by atoms with Crippen molar-refractivity contribution < 1.29 is 9.53 Å². The molecule has 17 heavy (non-hydrogen) atoms. The number of halogens is 1. The molecular formula is C13H14BrNO2. The van der Waals surface area contributed by atoms with Gasteiger partial charge in [0.25, 0.3) is 0 Å². The summed E-state index contributed by atoms with van der Waals surface area (Å²) in [5.41, 5.74) is 2.65. The Labute approximate surface area is 110 Å². The molecule has 0 saturated carbocycles. The van der Waals surface area contributed by atoms with E-state index in [1.54, 1.807) is 13.0 Å². The van der Waals surface area contributed by atoms with Crippen LogP contribution >= 0.6 is 15.9 Å². The van der Waals surface area contributed by atoms with Crippen LogP contribution in [0.25, 0.3) is 0 Å². The Balaban J connectivity index is 3.35. The molecule has 1 aromatic carbocycles. The van der Waals surface area contributed by atoms with Crippen LogP contribution in [0, 0.1) is 11.3 Å². The van der Waals surface area contributed by atoms with Crippen LogP contribution in [-0.4, -0.2) is 12.6 Å². The first-order valence-corrected chi connectivity index (χ1v) is 6.59. The summed E-state index contributed by atoms with van der Waals surface area (Å²) in [6, 6.07) is 5.74. The Bertz CT molecular complexity index is 463. The number of rotatable bonds is 4. The van der Waals surface area contributed by atoms with Crippen molar-refractivity contribution in [2.45, 2.75) is 25.6 Å². The number of nitrogens with zero attached hydrogens (tertiary/aromatic N) is 1. The van der Waals surface area contributed by atoms with Crippen molar-refractivity contribution in [3.05, 3.63) is 34.4 Å². The van der Waals surface area contributed by atoms with E-state index in [0.717, 1.165) is 17.5 Å². The van der Waals surface area contributed by atoms with E-state index in [9.17, 15) is 4.79 Å². The second kappa shape index (κ2) is 6.41. The molecule has 0 unspecified atom stereocenters. The van der Waals surface area contributed by atoms with Crippen molar-refractivity contribution in [2.24, 2.45) is 0 Å². The number of hydrogen-bond acceptors (Lipinski definition) is 3. The Kier molecular flexibility index (Phi) is 5.17. The quantitative estimate of drug-likeness (QED) is 0.633. The second-order valence-corrected chi connectivity index (χ2v) is 4.06. The van der Waals surface area contributed by atoms with Gasteiger partial charge in [-0.1, -0.05) is 28.9 Å². The van der Waals surface area contributed by atoms with Crippen molar-refractivity contribution in [1.29, 1.82) is 5.26 Å². The number of alkyl halides is 1. The molecule has 4 heteroatoms. The van der Waals surface area contributed by atoms with Gasteiger partial charge in [-0.05, 0) is 30.5 Å². The van der Waals surface area contributed by atoms with E-state index < -0.39 is 5.97 Å². The zero-order chi connectivity index (χ0) is 12.8. The van der Waals surface area contributed by atoms with E-state index in [0.29, 0.717) is 23.1 Å². The summed E-state index contributed by atoms with van der Waals surface area (Å²) in [5, 5.41) is 9.79. The lowest BCUT2D eigenvalue weighted by molar-refractivity contribution is 0.0526. The van der Waals surface area contributed by atoms with Gasteiger partial charge in [-0.15, -0.1) is 0 Å². The van der Waals surface area contributed by atoms with Gasteiger partial charge >= 0.3 is 5.97 Å². The Hall–Kier alpha value is -1.34. The van der Waals surface area contributed by atoms with E-state index in [-0.39, 0.29) is 0 Å². The standard InChI is InChI=1S/C13H14BrNO2/c1-3-10-5-9(7-14)6-11(12(10)8-15)13(16)17-4-2/h5-6H,3-4,7H2,1-2H3. The van der Waals surface area contributed by atoms with Crippen LogP contribution in [0.2, 0.25) is 0 Å². The molecule has 0 aromatic heterocycles. The Morgan fingerprint density at radius 3 is 2.65 bits per heavy atom. The van der Waals surface area contributed by atoms with Gasteiger partial charge in [0.05, 0.1) is 17.7 Å². The minimum atomic E-state index is -0.429. The SMILES string of the molecule is CCOC(=O)c1cc(CBr)cc(CC)c1C#N. The predicted molar refractivity (Wildman–Crippen MR) is 69.1 cm³/mol. The lowest BCUT2D eigenvalue weighted by atomic mass is 9.97. The van der Waals surface area contributed by atoms with Crippen molar-refractivity contribution in [2.75, 3.05) is 6.61 Å². The first-order valence-electron chi connectivity index (χ1n) is 5.46. The van der Waals surface area contributed by atoms with Crippen LogP contribution in [0.4, 0.5) is 0 Å². The van der Waals surface area contributed by atoms with Crippen LogP contribution < -0.4 is 0 Å². The van der Waals surface area contributed by atoms with E-state index in [1.165, 1.54) is 0 Å². The zero-order valence-corrected chi connectivity index (χ0v) is 11.5. The van der Waals surface area contributed by atoms with E-state index >= 15 is 0 Å². The second-order valence-electron chi connectivity index (χ2n) is 3.50. The van der Waals surface area contributed by atoms with Crippen molar-refractivity contribution >= 4 is 21.9 Å². The number of carbonyl (C=O) groups excluding carboxylic acids is 1. The Morgan fingerprint density at radius 2 is 2.18 bits per heavy atom. The highest BCUT2D eigenvalue weighted by atomic mass is 79.9. The molecule has 0 aliphatic heterocycles. The number of ether oxygens (including phenoxy) is 1. The van der Waals surface area contributed by atoms with Gasteiger partial charge in [0.1, 0.15) is 6.07 Å². The zero-order valence-electron chi connectivity index (χ0n) is 9.92. The van der Waals surface area contributed by atoms with Crippen LogP contribution in [0.3, 0.4) is 0 Å². The maximum absolute atomic E-state index is 11.8. The number of aryl methyl sites for hydroxylation is 1. The van der Waals surface area contributed by atoms with Gasteiger partial charge < -0.3 is 4.74 Å². The van der Waals surface area contributed by atoms with Crippen molar-refractivity contribution in [3.8, 4) is 6.07 Å². The number of benzene rings is 1. The lowest BCUT2D eigenvalue weighted by Crippen LogP contribution is -2.09. The highest BCUT2D eigenvalue weighted by Crippen LogP contribution is 2.20. The van der Waals surface area contributed by atoms with Crippen LogP contribution in [-0.2, 0) is 16.5 Å². The molecule has 0 atom stereocenters. The third-order valence-electron chi connectivity index (χ3n) is 2.42. The summed E-state index contributed by atoms with van der Waals surface area (Å²) in [6.45, 7) is 4.02. The highest BCUT2D eigenvalue weighted by molar-refractivity contribution is 9.08. The summed E-state index contributed by atoms with van der Waals surface area (Å²) >= 11 is 3.35. The first-order chi connectivity index (χ1) is 8.17. The molecule has 0 fully saturated rings. The molecule has 3 nitrogen and oxygen atoms in total. The molecular weight excluding hydrogens is 282 g/mol. The molecule has 1 rings (SSSR count). The van der Waals surface area contributed by atoms with Gasteiger partial charge in [0, 0.05) is 5.33 Å². The smallest absolute Gasteiger partial charge is 0.339 e. The third kappa shape index (κ3) is 3.07. The number of esters is 1. The fourth-order valence-electron chi connectivity index (χ4n) is 1.63. The maximum Gasteiger partial charge on any atom is 0.339 e. The Morgan fingerprint density at radius 1 is 1.47 bits per heavy atom. The summed E-state index contributed by atoms with van der Waals surface area (Å²) in [7, 11) is 0. The molecule has 0 aliphatic rings.